The second-order valence-electron chi connectivity index (χ2n) is 13.7. The van der Waals surface area contributed by atoms with Crippen LogP contribution in [-0.4, -0.2) is 30.5 Å². The molecule has 2 aromatic rings. The van der Waals surface area contributed by atoms with Crippen molar-refractivity contribution in [3.63, 3.8) is 0 Å². The molecule has 37 heavy (non-hydrogen) atoms. The minimum absolute atomic E-state index is 0.0480. The van der Waals surface area contributed by atoms with Gasteiger partial charge in [0.1, 0.15) is 11.7 Å². The third kappa shape index (κ3) is 2.77. The van der Waals surface area contributed by atoms with E-state index >= 15 is 0 Å². The highest BCUT2D eigenvalue weighted by Gasteiger charge is 2.81. The number of hydrogen-bond donors (Lipinski definition) is 1. The van der Waals surface area contributed by atoms with Gasteiger partial charge in [-0.15, -0.1) is 0 Å². The van der Waals surface area contributed by atoms with Gasteiger partial charge in [0.2, 0.25) is 0 Å². The Balaban J connectivity index is 1.24. The van der Waals surface area contributed by atoms with Crippen molar-refractivity contribution < 1.29 is 19.3 Å². The second-order valence-corrected chi connectivity index (χ2v) is 13.7. The lowest BCUT2D eigenvalue weighted by atomic mass is 9.29. The van der Waals surface area contributed by atoms with Crippen LogP contribution in [0.2, 0.25) is 0 Å². The Bertz CT molecular complexity index is 1240. The zero-order valence-corrected chi connectivity index (χ0v) is 22.3. The van der Waals surface area contributed by atoms with Gasteiger partial charge in [-0.3, -0.25) is 0 Å². The summed E-state index contributed by atoms with van der Waals surface area (Å²) in [4.78, 5) is 0. The van der Waals surface area contributed by atoms with Gasteiger partial charge in [0.25, 0.3) is 0 Å². The fourth-order valence-corrected chi connectivity index (χ4v) is 10.7. The number of rotatable bonds is 7. The lowest BCUT2D eigenvalue weighted by Crippen LogP contribution is -2.79. The van der Waals surface area contributed by atoms with E-state index in [0.29, 0.717) is 30.3 Å². The van der Waals surface area contributed by atoms with Crippen LogP contribution in [0.1, 0.15) is 75.0 Å². The van der Waals surface area contributed by atoms with Gasteiger partial charge in [-0.2, -0.15) is 0 Å². The third-order valence-electron chi connectivity index (χ3n) is 12.2. The Kier molecular flexibility index (Phi) is 4.67. The summed E-state index contributed by atoms with van der Waals surface area (Å²) in [6.45, 7) is 3.96. The predicted octanol–water partition coefficient (Wildman–Crippen LogP) is 6.57. The number of ether oxygens (including phenoxy) is 3. The van der Waals surface area contributed by atoms with E-state index < -0.39 is 0 Å². The van der Waals surface area contributed by atoms with Gasteiger partial charge in [0, 0.05) is 24.0 Å². The zero-order chi connectivity index (χ0) is 25.0. The lowest BCUT2D eigenvalue weighted by Gasteiger charge is -2.75. The molecule has 0 radical (unpaired) electrons. The molecule has 2 spiro atoms. The highest BCUT2D eigenvalue weighted by Crippen LogP contribution is 2.81. The van der Waals surface area contributed by atoms with Crippen molar-refractivity contribution in [2.45, 2.75) is 88.4 Å². The topological polar surface area (TPSA) is 47.9 Å². The molecule has 7 atom stereocenters. The summed E-state index contributed by atoms with van der Waals surface area (Å²) in [6.07, 6.45) is 11.1. The highest BCUT2D eigenvalue weighted by atomic mass is 16.6. The molecule has 1 N–H and O–H groups in total. The zero-order valence-electron chi connectivity index (χ0n) is 22.3. The first-order chi connectivity index (χ1) is 18.0. The SMILES string of the molecule is CO[C@]12CC[C@@]3(C[C@@H]1COCc1ccccc1)[C@H]1Cc4ccc(O)c5c4[C@@]3(CCC1(C)CC1CC1)[C@H]2O5. The molecule has 0 saturated heterocycles. The number of methoxy groups -OCH3 is 1. The predicted molar refractivity (Wildman–Crippen MR) is 142 cm³/mol. The monoisotopic (exact) mass is 500 g/mol. The minimum Gasteiger partial charge on any atom is -0.504 e. The first kappa shape index (κ1) is 22.9. The van der Waals surface area contributed by atoms with E-state index in [4.69, 9.17) is 14.2 Å². The molecule has 4 heteroatoms. The summed E-state index contributed by atoms with van der Waals surface area (Å²) < 4.78 is 20.0. The van der Waals surface area contributed by atoms with E-state index in [0.717, 1.165) is 37.4 Å². The normalized spacial score (nSPS) is 42.4. The molecule has 4 bridgehead atoms. The van der Waals surface area contributed by atoms with Gasteiger partial charge in [0.15, 0.2) is 11.5 Å². The fourth-order valence-electron chi connectivity index (χ4n) is 10.7. The van der Waals surface area contributed by atoms with Crippen molar-refractivity contribution in [2.24, 2.45) is 28.6 Å². The lowest BCUT2D eigenvalue weighted by molar-refractivity contribution is -0.294. The Morgan fingerprint density at radius 2 is 1.86 bits per heavy atom. The van der Waals surface area contributed by atoms with Crippen molar-refractivity contribution >= 4 is 0 Å². The van der Waals surface area contributed by atoms with Crippen LogP contribution in [0.5, 0.6) is 11.5 Å². The maximum Gasteiger partial charge on any atom is 0.165 e. The van der Waals surface area contributed by atoms with Crippen molar-refractivity contribution in [1.29, 1.82) is 0 Å². The molecule has 2 aromatic carbocycles. The minimum atomic E-state index is -0.382. The second kappa shape index (κ2) is 7.54. The van der Waals surface area contributed by atoms with E-state index in [2.05, 4.69) is 43.3 Å². The molecule has 5 fully saturated rings. The van der Waals surface area contributed by atoms with E-state index in [-0.39, 0.29) is 28.5 Å². The molecule has 0 amide bonds. The van der Waals surface area contributed by atoms with Crippen molar-refractivity contribution in [3.8, 4) is 11.5 Å². The Hall–Kier alpha value is -2.04. The molecule has 5 saturated carbocycles. The van der Waals surface area contributed by atoms with Crippen LogP contribution in [0.4, 0.5) is 0 Å². The number of phenolic OH excluding ortho intramolecular Hbond substituents is 1. The molecule has 7 aliphatic rings. The van der Waals surface area contributed by atoms with E-state index in [9.17, 15) is 5.11 Å². The summed E-state index contributed by atoms with van der Waals surface area (Å²) in [5, 5.41) is 11.0. The van der Waals surface area contributed by atoms with E-state index in [1.807, 2.05) is 13.2 Å². The average Bonchev–Trinajstić information content (AvgIpc) is 3.64. The van der Waals surface area contributed by atoms with Crippen molar-refractivity contribution in [3.05, 3.63) is 59.2 Å². The van der Waals surface area contributed by atoms with Crippen LogP contribution in [0, 0.1) is 28.6 Å². The van der Waals surface area contributed by atoms with Crippen LogP contribution < -0.4 is 4.74 Å². The molecule has 1 aliphatic heterocycles. The number of hydrogen-bond acceptors (Lipinski definition) is 4. The van der Waals surface area contributed by atoms with Gasteiger partial charge < -0.3 is 19.3 Å². The first-order valence-corrected chi connectivity index (χ1v) is 14.6. The molecule has 4 nitrogen and oxygen atoms in total. The van der Waals surface area contributed by atoms with Gasteiger partial charge in [-0.25, -0.2) is 0 Å². The summed E-state index contributed by atoms with van der Waals surface area (Å²) in [5.74, 6) is 2.94. The highest BCUT2D eigenvalue weighted by molar-refractivity contribution is 5.63. The van der Waals surface area contributed by atoms with Gasteiger partial charge >= 0.3 is 0 Å². The number of phenols is 1. The van der Waals surface area contributed by atoms with Crippen molar-refractivity contribution in [1.82, 2.24) is 0 Å². The Labute approximate surface area is 220 Å². The third-order valence-corrected chi connectivity index (χ3v) is 12.2. The van der Waals surface area contributed by atoms with Crippen LogP contribution in [0.3, 0.4) is 0 Å². The molecule has 0 aromatic heterocycles. The maximum atomic E-state index is 11.0. The van der Waals surface area contributed by atoms with Gasteiger partial charge in [-0.05, 0) is 84.8 Å². The molecular weight excluding hydrogens is 460 g/mol. The summed E-state index contributed by atoms with van der Waals surface area (Å²) in [7, 11) is 1.90. The van der Waals surface area contributed by atoms with Crippen molar-refractivity contribution in [2.75, 3.05) is 13.7 Å². The number of aromatic hydroxyl groups is 1. The smallest absolute Gasteiger partial charge is 0.165 e. The summed E-state index contributed by atoms with van der Waals surface area (Å²) >= 11 is 0. The average molecular weight is 501 g/mol. The van der Waals surface area contributed by atoms with Crippen LogP contribution in [-0.2, 0) is 27.9 Å². The molecule has 1 unspecified atom stereocenters. The Morgan fingerprint density at radius 3 is 2.65 bits per heavy atom. The molecule has 1 heterocycles. The molecule has 6 aliphatic carbocycles. The maximum absolute atomic E-state index is 11.0. The largest absolute Gasteiger partial charge is 0.504 e. The van der Waals surface area contributed by atoms with E-state index in [1.165, 1.54) is 48.8 Å². The van der Waals surface area contributed by atoms with Crippen LogP contribution in [0.25, 0.3) is 0 Å². The molecular formula is C33H40O4. The number of benzene rings is 2. The van der Waals surface area contributed by atoms with Gasteiger partial charge in [-0.1, -0.05) is 56.2 Å². The summed E-state index contributed by atoms with van der Waals surface area (Å²) in [6, 6.07) is 14.6. The summed E-state index contributed by atoms with van der Waals surface area (Å²) in [5.41, 5.74) is 4.13. The Morgan fingerprint density at radius 1 is 1.03 bits per heavy atom. The molecule has 9 rings (SSSR count). The molecule has 196 valence electrons. The number of fused-ring (bicyclic) bond motifs is 2. The van der Waals surface area contributed by atoms with Crippen LogP contribution >= 0.6 is 0 Å². The quantitative estimate of drug-likeness (QED) is 0.467. The standard InChI is InChI=1S/C33H40O4/c1-30(17-21-8-9-21)12-14-32-27-23-10-11-25(34)28(27)37-29(32)33(35-2)15-13-31(32,26(30)16-23)18-24(33)20-36-19-22-6-4-3-5-7-22/h3-7,10-11,21,24,26,29,34H,8-9,12-20H2,1-2H3/t24-,26+,29-,30?,31-,32+,33-/m1/s1. The van der Waals surface area contributed by atoms with Crippen LogP contribution in [0.15, 0.2) is 42.5 Å². The van der Waals surface area contributed by atoms with E-state index in [1.54, 1.807) is 0 Å². The van der Waals surface area contributed by atoms with Gasteiger partial charge in [0.05, 0.1) is 13.2 Å². The first-order valence-electron chi connectivity index (χ1n) is 14.6. The fraction of sp³-hybridized carbons (Fsp3) is 0.636.